The lowest BCUT2D eigenvalue weighted by atomic mass is 10.1. The molecule has 23 heavy (non-hydrogen) atoms. The van der Waals surface area contributed by atoms with Crippen molar-refractivity contribution in [2.75, 3.05) is 19.8 Å². The summed E-state index contributed by atoms with van der Waals surface area (Å²) in [6.07, 6.45) is 3.35. The molecule has 1 fully saturated rings. The van der Waals surface area contributed by atoms with Crippen LogP contribution in [-0.2, 0) is 11.3 Å². The van der Waals surface area contributed by atoms with Crippen LogP contribution in [0.5, 0.6) is 0 Å². The number of hydrogen-bond acceptors (Lipinski definition) is 4. The zero-order valence-electron chi connectivity index (χ0n) is 13.1. The summed E-state index contributed by atoms with van der Waals surface area (Å²) in [6, 6.07) is 9.48. The molecular weight excluding hydrogens is 294 g/mol. The molecule has 3 rings (SSSR count). The highest BCUT2D eigenvalue weighted by atomic mass is 16.5. The van der Waals surface area contributed by atoms with Crippen molar-refractivity contribution in [3.63, 3.8) is 0 Å². The van der Waals surface area contributed by atoms with Gasteiger partial charge in [-0.2, -0.15) is 5.10 Å². The maximum atomic E-state index is 12.7. The van der Waals surface area contributed by atoms with Crippen LogP contribution < -0.4 is 0 Å². The molecule has 6 heteroatoms. The van der Waals surface area contributed by atoms with Gasteiger partial charge in [-0.05, 0) is 30.7 Å². The van der Waals surface area contributed by atoms with Gasteiger partial charge in [0.1, 0.15) is 0 Å². The lowest BCUT2D eigenvalue weighted by Gasteiger charge is -2.37. The Morgan fingerprint density at radius 1 is 1.39 bits per heavy atom. The second-order valence-electron chi connectivity index (χ2n) is 5.85. The molecule has 1 amide bonds. The van der Waals surface area contributed by atoms with Gasteiger partial charge in [-0.3, -0.25) is 9.48 Å². The standard InChI is InChI=1S/C17H21N3O3/c1-13-12-23-16(11-21)10-20(13)17(22)15-5-3-14(4-6-15)9-19-8-2-7-18-19/h2-8,13,16,21H,9-12H2,1H3. The van der Waals surface area contributed by atoms with Crippen LogP contribution in [0.15, 0.2) is 42.7 Å². The minimum atomic E-state index is -0.297. The van der Waals surface area contributed by atoms with Crippen LogP contribution in [0.2, 0.25) is 0 Å². The third-order valence-electron chi connectivity index (χ3n) is 4.07. The Kier molecular flexibility index (Phi) is 4.73. The molecule has 2 unspecified atom stereocenters. The number of amides is 1. The lowest BCUT2D eigenvalue weighted by molar-refractivity contribution is -0.0667. The molecule has 0 spiro atoms. The molecule has 1 saturated heterocycles. The van der Waals surface area contributed by atoms with Crippen LogP contribution in [-0.4, -0.2) is 57.6 Å². The van der Waals surface area contributed by atoms with E-state index in [1.165, 1.54) is 0 Å². The SMILES string of the molecule is CC1COC(CO)CN1C(=O)c1ccc(Cn2cccn2)cc1. The fourth-order valence-corrected chi connectivity index (χ4v) is 2.71. The van der Waals surface area contributed by atoms with Crippen molar-refractivity contribution in [3.05, 3.63) is 53.9 Å². The largest absolute Gasteiger partial charge is 0.394 e. The van der Waals surface area contributed by atoms with Crippen molar-refractivity contribution in [2.45, 2.75) is 25.6 Å². The van der Waals surface area contributed by atoms with E-state index in [9.17, 15) is 9.90 Å². The van der Waals surface area contributed by atoms with Crippen molar-refractivity contribution in [2.24, 2.45) is 0 Å². The number of hydrogen-bond donors (Lipinski definition) is 1. The lowest BCUT2D eigenvalue weighted by Crippen LogP contribution is -2.52. The number of carbonyl (C=O) groups excluding carboxylic acids is 1. The Hall–Kier alpha value is -2.18. The maximum Gasteiger partial charge on any atom is 0.254 e. The number of aliphatic hydroxyl groups excluding tert-OH is 1. The molecule has 0 radical (unpaired) electrons. The van der Waals surface area contributed by atoms with Crippen molar-refractivity contribution in [1.29, 1.82) is 0 Å². The molecule has 122 valence electrons. The molecule has 2 atom stereocenters. The second kappa shape index (κ2) is 6.93. The van der Waals surface area contributed by atoms with E-state index in [2.05, 4.69) is 5.10 Å². The first-order valence-electron chi connectivity index (χ1n) is 7.77. The molecule has 0 bridgehead atoms. The van der Waals surface area contributed by atoms with Crippen LogP contribution in [0.4, 0.5) is 0 Å². The van der Waals surface area contributed by atoms with Crippen molar-refractivity contribution in [3.8, 4) is 0 Å². The third-order valence-corrected chi connectivity index (χ3v) is 4.07. The van der Waals surface area contributed by atoms with E-state index in [4.69, 9.17) is 4.74 Å². The quantitative estimate of drug-likeness (QED) is 0.919. The molecule has 1 N–H and O–H groups in total. The van der Waals surface area contributed by atoms with E-state index in [1.54, 1.807) is 11.1 Å². The van der Waals surface area contributed by atoms with Gasteiger partial charge in [-0.15, -0.1) is 0 Å². The van der Waals surface area contributed by atoms with Gasteiger partial charge in [0, 0.05) is 24.5 Å². The zero-order valence-corrected chi connectivity index (χ0v) is 13.1. The number of rotatable bonds is 4. The van der Waals surface area contributed by atoms with Gasteiger partial charge in [0.25, 0.3) is 5.91 Å². The van der Waals surface area contributed by atoms with E-state index in [1.807, 2.05) is 48.1 Å². The van der Waals surface area contributed by atoms with E-state index in [0.717, 1.165) is 5.56 Å². The summed E-state index contributed by atoms with van der Waals surface area (Å²) >= 11 is 0. The van der Waals surface area contributed by atoms with Crippen LogP contribution >= 0.6 is 0 Å². The fraction of sp³-hybridized carbons (Fsp3) is 0.412. The van der Waals surface area contributed by atoms with E-state index in [0.29, 0.717) is 25.3 Å². The average Bonchev–Trinajstić information content (AvgIpc) is 3.08. The van der Waals surface area contributed by atoms with E-state index < -0.39 is 0 Å². The predicted octanol–water partition coefficient (Wildman–Crippen LogP) is 1.15. The van der Waals surface area contributed by atoms with Crippen molar-refractivity contribution < 1.29 is 14.6 Å². The molecule has 0 aliphatic carbocycles. The van der Waals surface area contributed by atoms with Crippen LogP contribution in [0.1, 0.15) is 22.8 Å². The van der Waals surface area contributed by atoms with Crippen molar-refractivity contribution >= 4 is 5.91 Å². The van der Waals surface area contributed by atoms with Gasteiger partial charge in [-0.25, -0.2) is 0 Å². The van der Waals surface area contributed by atoms with Crippen LogP contribution in [0.25, 0.3) is 0 Å². The van der Waals surface area contributed by atoms with Crippen LogP contribution in [0, 0.1) is 0 Å². The number of carbonyl (C=O) groups is 1. The summed E-state index contributed by atoms with van der Waals surface area (Å²) in [5.41, 5.74) is 1.74. The Bertz CT molecular complexity index is 640. The van der Waals surface area contributed by atoms with Crippen molar-refractivity contribution in [1.82, 2.24) is 14.7 Å². The Morgan fingerprint density at radius 2 is 2.17 bits per heavy atom. The average molecular weight is 315 g/mol. The van der Waals surface area contributed by atoms with Gasteiger partial charge >= 0.3 is 0 Å². The van der Waals surface area contributed by atoms with E-state index in [-0.39, 0.29) is 24.7 Å². The molecule has 0 saturated carbocycles. The monoisotopic (exact) mass is 315 g/mol. The Balaban J connectivity index is 1.69. The predicted molar refractivity (Wildman–Crippen MR) is 85.1 cm³/mol. The molecule has 1 aromatic heterocycles. The topological polar surface area (TPSA) is 67.6 Å². The summed E-state index contributed by atoms with van der Waals surface area (Å²) < 4.78 is 7.32. The summed E-state index contributed by atoms with van der Waals surface area (Å²) in [4.78, 5) is 14.4. The fourth-order valence-electron chi connectivity index (χ4n) is 2.71. The van der Waals surface area contributed by atoms with E-state index >= 15 is 0 Å². The minimum absolute atomic E-state index is 0.00838. The third kappa shape index (κ3) is 3.60. The van der Waals surface area contributed by atoms with Gasteiger partial charge in [-0.1, -0.05) is 12.1 Å². The summed E-state index contributed by atoms with van der Waals surface area (Å²) in [5.74, 6) is -0.0233. The summed E-state index contributed by atoms with van der Waals surface area (Å²) in [7, 11) is 0. The molecular formula is C17H21N3O3. The highest BCUT2D eigenvalue weighted by Gasteiger charge is 2.29. The van der Waals surface area contributed by atoms with Crippen LogP contribution in [0.3, 0.4) is 0 Å². The molecule has 6 nitrogen and oxygen atoms in total. The normalized spacial score (nSPS) is 21.4. The molecule has 2 heterocycles. The highest BCUT2D eigenvalue weighted by molar-refractivity contribution is 5.94. The molecule has 1 aliphatic rings. The number of benzene rings is 1. The second-order valence-corrected chi connectivity index (χ2v) is 5.85. The maximum absolute atomic E-state index is 12.7. The molecule has 1 aromatic carbocycles. The molecule has 2 aromatic rings. The number of ether oxygens (including phenoxy) is 1. The minimum Gasteiger partial charge on any atom is -0.394 e. The summed E-state index contributed by atoms with van der Waals surface area (Å²) in [5, 5.41) is 13.4. The number of aliphatic hydroxyl groups is 1. The number of morpholine rings is 1. The van der Waals surface area contributed by atoms with Gasteiger partial charge < -0.3 is 14.7 Å². The first-order valence-corrected chi connectivity index (χ1v) is 7.77. The highest BCUT2D eigenvalue weighted by Crippen LogP contribution is 2.16. The zero-order chi connectivity index (χ0) is 16.2. The number of nitrogens with zero attached hydrogens (tertiary/aromatic N) is 3. The van der Waals surface area contributed by atoms with Gasteiger partial charge in [0.2, 0.25) is 0 Å². The first-order chi connectivity index (χ1) is 11.2. The van der Waals surface area contributed by atoms with Gasteiger partial charge in [0.15, 0.2) is 0 Å². The Labute approximate surface area is 135 Å². The summed E-state index contributed by atoms with van der Waals surface area (Å²) in [6.45, 7) is 3.44. The molecule has 1 aliphatic heterocycles. The van der Waals surface area contributed by atoms with Gasteiger partial charge in [0.05, 0.1) is 31.9 Å². The smallest absolute Gasteiger partial charge is 0.254 e. The number of aromatic nitrogens is 2. The first kappa shape index (κ1) is 15.7. The Morgan fingerprint density at radius 3 is 2.83 bits per heavy atom.